The minimum atomic E-state index is -1.69. The number of hydrogen-bond donors (Lipinski definition) is 4. The van der Waals surface area contributed by atoms with Crippen LogP contribution in [0.25, 0.3) is 10.9 Å². The van der Waals surface area contributed by atoms with E-state index in [-0.39, 0.29) is 5.56 Å². The Morgan fingerprint density at radius 2 is 2.00 bits per heavy atom. The number of para-hydroxylation sites is 1. The number of aliphatic hydroxyl groups excluding tert-OH is 1. The molecule has 1 heterocycles. The third-order valence-electron chi connectivity index (χ3n) is 2.74. The van der Waals surface area contributed by atoms with Crippen LogP contribution in [-0.2, 0) is 4.79 Å². The molecule has 7 heteroatoms. The maximum Gasteiger partial charge on any atom is 0.334 e. The highest BCUT2D eigenvalue weighted by Gasteiger charge is 2.16. The number of rotatable bonds is 4. The van der Waals surface area contributed by atoms with E-state index in [0.717, 1.165) is 6.07 Å². The number of benzene rings is 1. The fraction of sp³-hybridized carbons (Fsp3) is 0.154. The van der Waals surface area contributed by atoms with Gasteiger partial charge in [0.15, 0.2) is 6.10 Å². The van der Waals surface area contributed by atoms with Crippen molar-refractivity contribution >= 4 is 22.8 Å². The molecule has 0 saturated heterocycles. The first-order valence-electron chi connectivity index (χ1n) is 5.80. The van der Waals surface area contributed by atoms with Gasteiger partial charge in [0.25, 0.3) is 5.91 Å². The molecule has 20 heavy (non-hydrogen) atoms. The number of pyridine rings is 1. The molecule has 1 aromatic heterocycles. The van der Waals surface area contributed by atoms with Crippen molar-refractivity contribution in [2.75, 3.05) is 6.54 Å². The molecule has 0 aliphatic heterocycles. The summed E-state index contributed by atoms with van der Waals surface area (Å²) in [5.74, 6) is -2.05. The first kappa shape index (κ1) is 13.8. The van der Waals surface area contributed by atoms with Gasteiger partial charge in [-0.1, -0.05) is 18.2 Å². The Balaban J connectivity index is 2.30. The summed E-state index contributed by atoms with van der Waals surface area (Å²) in [6.45, 7) is -0.435. The number of carboxylic acids is 1. The number of aliphatic hydroxyl groups is 1. The Morgan fingerprint density at radius 1 is 1.30 bits per heavy atom. The first-order valence-corrected chi connectivity index (χ1v) is 5.80. The van der Waals surface area contributed by atoms with E-state index in [2.05, 4.69) is 10.3 Å². The molecule has 0 bridgehead atoms. The van der Waals surface area contributed by atoms with Gasteiger partial charge in [-0.2, -0.15) is 0 Å². The van der Waals surface area contributed by atoms with Crippen LogP contribution in [0.4, 0.5) is 0 Å². The van der Waals surface area contributed by atoms with E-state index in [4.69, 9.17) is 10.2 Å². The third kappa shape index (κ3) is 2.83. The Hall–Kier alpha value is -2.67. The number of fused-ring (bicyclic) bond motifs is 1. The summed E-state index contributed by atoms with van der Waals surface area (Å²) >= 11 is 0. The molecule has 0 radical (unpaired) electrons. The number of aromatic nitrogens is 1. The lowest BCUT2D eigenvalue weighted by molar-refractivity contribution is -0.146. The van der Waals surface area contributed by atoms with E-state index in [1.807, 2.05) is 0 Å². The fourth-order valence-electron chi connectivity index (χ4n) is 1.76. The molecule has 0 spiro atoms. The summed E-state index contributed by atoms with van der Waals surface area (Å²) in [4.78, 5) is 36.5. The largest absolute Gasteiger partial charge is 0.479 e. The molecular formula is C13H12N2O5. The zero-order chi connectivity index (χ0) is 14.7. The van der Waals surface area contributed by atoms with Crippen LogP contribution in [0.15, 0.2) is 35.1 Å². The summed E-state index contributed by atoms with van der Waals surface area (Å²) in [6, 6.07) is 7.87. The first-order chi connectivity index (χ1) is 9.49. The van der Waals surface area contributed by atoms with Crippen molar-refractivity contribution in [2.24, 2.45) is 0 Å². The molecular weight excluding hydrogens is 264 g/mol. The summed E-state index contributed by atoms with van der Waals surface area (Å²) in [6.07, 6.45) is -1.69. The summed E-state index contributed by atoms with van der Waals surface area (Å²) < 4.78 is 0. The molecule has 4 N–H and O–H groups in total. The zero-order valence-electron chi connectivity index (χ0n) is 10.3. The van der Waals surface area contributed by atoms with E-state index in [1.165, 1.54) is 0 Å². The molecule has 0 fully saturated rings. The Labute approximate surface area is 112 Å². The van der Waals surface area contributed by atoms with Gasteiger partial charge in [0.1, 0.15) is 0 Å². The van der Waals surface area contributed by atoms with Gasteiger partial charge in [0, 0.05) is 17.0 Å². The van der Waals surface area contributed by atoms with Crippen molar-refractivity contribution in [3.05, 3.63) is 46.2 Å². The minimum Gasteiger partial charge on any atom is -0.479 e. The standard InChI is InChI=1S/C13H12N2O5/c16-10(13(19)20)6-14-12(18)8-5-11(17)15-9-4-2-1-3-7(8)9/h1-5,10,16H,6H2,(H,14,18)(H,15,17)(H,19,20)/t10-/m0/s1. The number of aromatic amines is 1. The van der Waals surface area contributed by atoms with Crippen molar-refractivity contribution in [2.45, 2.75) is 6.10 Å². The van der Waals surface area contributed by atoms with Crippen molar-refractivity contribution < 1.29 is 19.8 Å². The van der Waals surface area contributed by atoms with Crippen LogP contribution < -0.4 is 10.9 Å². The van der Waals surface area contributed by atoms with Crippen LogP contribution >= 0.6 is 0 Å². The van der Waals surface area contributed by atoms with Gasteiger partial charge in [-0.25, -0.2) is 4.79 Å². The van der Waals surface area contributed by atoms with Gasteiger partial charge in [0.05, 0.1) is 12.1 Å². The quantitative estimate of drug-likeness (QED) is 0.611. The van der Waals surface area contributed by atoms with Crippen molar-refractivity contribution in [3.8, 4) is 0 Å². The van der Waals surface area contributed by atoms with Crippen LogP contribution in [0.5, 0.6) is 0 Å². The molecule has 0 saturated carbocycles. The molecule has 0 aliphatic rings. The summed E-state index contributed by atoms with van der Waals surface area (Å²) in [5.41, 5.74) is 0.193. The molecule has 2 aromatic rings. The fourth-order valence-corrected chi connectivity index (χ4v) is 1.76. The topological polar surface area (TPSA) is 119 Å². The van der Waals surface area contributed by atoms with Gasteiger partial charge in [-0.3, -0.25) is 9.59 Å². The van der Waals surface area contributed by atoms with Crippen molar-refractivity contribution in [1.82, 2.24) is 10.3 Å². The minimum absolute atomic E-state index is 0.127. The number of aliphatic carboxylic acids is 1. The van der Waals surface area contributed by atoms with Gasteiger partial charge in [-0.15, -0.1) is 0 Å². The lowest BCUT2D eigenvalue weighted by Gasteiger charge is -2.09. The molecule has 0 unspecified atom stereocenters. The second-order valence-corrected chi connectivity index (χ2v) is 4.16. The van der Waals surface area contributed by atoms with Gasteiger partial charge in [-0.05, 0) is 6.07 Å². The SMILES string of the molecule is O=C(NC[C@H](O)C(=O)O)c1cc(=O)[nH]c2ccccc12. The Bertz CT molecular complexity index is 722. The molecule has 0 aliphatic carbocycles. The number of amides is 1. The lowest BCUT2D eigenvalue weighted by atomic mass is 10.1. The molecule has 7 nitrogen and oxygen atoms in total. The Kier molecular flexibility index (Phi) is 3.81. The van der Waals surface area contributed by atoms with Gasteiger partial charge >= 0.3 is 5.97 Å². The van der Waals surface area contributed by atoms with Gasteiger partial charge < -0.3 is 20.5 Å². The second-order valence-electron chi connectivity index (χ2n) is 4.16. The number of hydrogen-bond acceptors (Lipinski definition) is 4. The van der Waals surface area contributed by atoms with Crippen LogP contribution in [0.2, 0.25) is 0 Å². The number of nitrogens with one attached hydrogen (secondary N) is 2. The van der Waals surface area contributed by atoms with E-state index in [9.17, 15) is 14.4 Å². The molecule has 1 amide bonds. The van der Waals surface area contributed by atoms with Crippen LogP contribution in [0.3, 0.4) is 0 Å². The summed E-state index contributed by atoms with van der Waals surface area (Å²) in [5, 5.41) is 20.4. The van der Waals surface area contributed by atoms with E-state index in [0.29, 0.717) is 10.9 Å². The highest BCUT2D eigenvalue weighted by molar-refractivity contribution is 6.06. The number of carbonyl (C=O) groups excluding carboxylic acids is 1. The predicted octanol–water partition coefficient (Wildman–Crippen LogP) is -0.297. The highest BCUT2D eigenvalue weighted by atomic mass is 16.4. The highest BCUT2D eigenvalue weighted by Crippen LogP contribution is 2.14. The number of carbonyl (C=O) groups is 2. The van der Waals surface area contributed by atoms with Crippen LogP contribution in [-0.4, -0.2) is 39.7 Å². The average Bonchev–Trinajstić information content (AvgIpc) is 2.43. The maximum atomic E-state index is 12.0. The van der Waals surface area contributed by atoms with E-state index >= 15 is 0 Å². The lowest BCUT2D eigenvalue weighted by Crippen LogP contribution is -2.36. The monoisotopic (exact) mass is 276 g/mol. The van der Waals surface area contributed by atoms with Crippen molar-refractivity contribution in [1.29, 1.82) is 0 Å². The molecule has 104 valence electrons. The predicted molar refractivity (Wildman–Crippen MR) is 70.5 cm³/mol. The summed E-state index contributed by atoms with van der Waals surface area (Å²) in [7, 11) is 0. The maximum absolute atomic E-state index is 12.0. The average molecular weight is 276 g/mol. The van der Waals surface area contributed by atoms with Crippen molar-refractivity contribution in [3.63, 3.8) is 0 Å². The Morgan fingerprint density at radius 3 is 2.70 bits per heavy atom. The molecule has 2 rings (SSSR count). The number of carboxylic acid groups (broad SMARTS) is 1. The smallest absolute Gasteiger partial charge is 0.334 e. The molecule has 1 atom stereocenters. The molecule has 1 aromatic carbocycles. The van der Waals surface area contributed by atoms with Gasteiger partial charge in [0.2, 0.25) is 5.56 Å². The van der Waals surface area contributed by atoms with E-state index < -0.39 is 30.1 Å². The number of H-pyrrole nitrogens is 1. The zero-order valence-corrected chi connectivity index (χ0v) is 10.3. The second kappa shape index (κ2) is 5.54. The van der Waals surface area contributed by atoms with Crippen LogP contribution in [0, 0.1) is 0 Å². The van der Waals surface area contributed by atoms with E-state index in [1.54, 1.807) is 24.3 Å². The third-order valence-corrected chi connectivity index (χ3v) is 2.74. The van der Waals surface area contributed by atoms with Crippen LogP contribution in [0.1, 0.15) is 10.4 Å². The normalized spacial score (nSPS) is 12.1.